The molecule has 1 aromatic heterocycles. The van der Waals surface area contributed by atoms with Gasteiger partial charge in [-0.1, -0.05) is 38.0 Å². The highest BCUT2D eigenvalue weighted by molar-refractivity contribution is 7.19. The van der Waals surface area contributed by atoms with Crippen LogP contribution < -0.4 is 0 Å². The number of benzene rings is 1. The molecular weight excluding hydrogens is 240 g/mol. The lowest BCUT2D eigenvalue weighted by molar-refractivity contribution is 0.0568. The molecule has 18 heavy (non-hydrogen) atoms. The lowest BCUT2D eigenvalue weighted by Gasteiger charge is -2.16. The van der Waals surface area contributed by atoms with E-state index in [1.54, 1.807) is 0 Å². The molecule has 0 spiro atoms. The number of rotatable bonds is 6. The fourth-order valence-electron chi connectivity index (χ4n) is 2.38. The lowest BCUT2D eigenvalue weighted by atomic mass is 10.1. The molecule has 2 heteroatoms. The maximum atomic E-state index is 5.95. The summed E-state index contributed by atoms with van der Waals surface area (Å²) in [5, 5.41) is 1.39. The first kappa shape index (κ1) is 13.6. The molecule has 1 nitrogen and oxygen atoms in total. The molecule has 1 aromatic carbocycles. The van der Waals surface area contributed by atoms with Crippen molar-refractivity contribution in [3.05, 3.63) is 34.7 Å². The molecule has 0 N–H and O–H groups in total. The van der Waals surface area contributed by atoms with Gasteiger partial charge in [0.05, 0.1) is 6.10 Å². The Morgan fingerprint density at radius 3 is 2.67 bits per heavy atom. The quantitative estimate of drug-likeness (QED) is 0.670. The largest absolute Gasteiger partial charge is 0.373 e. The third-order valence-corrected chi connectivity index (χ3v) is 4.73. The zero-order chi connectivity index (χ0) is 13.0. The van der Waals surface area contributed by atoms with Gasteiger partial charge in [0.1, 0.15) is 0 Å². The smallest absolute Gasteiger partial charge is 0.0919 e. The van der Waals surface area contributed by atoms with Crippen LogP contribution in [0.2, 0.25) is 0 Å². The number of unbranched alkanes of at least 4 members (excludes halogenated alkanes) is 1. The van der Waals surface area contributed by atoms with Gasteiger partial charge in [0.25, 0.3) is 0 Å². The van der Waals surface area contributed by atoms with Crippen molar-refractivity contribution in [2.45, 2.75) is 46.1 Å². The lowest BCUT2D eigenvalue weighted by Crippen LogP contribution is -2.03. The minimum absolute atomic E-state index is 0.285. The van der Waals surface area contributed by atoms with Gasteiger partial charge >= 0.3 is 0 Å². The molecule has 0 saturated carbocycles. The average molecular weight is 262 g/mol. The molecule has 0 radical (unpaired) electrons. The van der Waals surface area contributed by atoms with Gasteiger partial charge in [-0.05, 0) is 37.3 Å². The van der Waals surface area contributed by atoms with Crippen LogP contribution in [0.4, 0.5) is 0 Å². The SMILES string of the molecule is CCCCC(OCC)c1sc2ccccc2c1C. The Kier molecular flexibility index (Phi) is 4.79. The Balaban J connectivity index is 2.34. The molecule has 1 heterocycles. The first-order valence-corrected chi connectivity index (χ1v) is 7.69. The maximum Gasteiger partial charge on any atom is 0.0919 e. The number of ether oxygens (including phenoxy) is 1. The first-order valence-electron chi connectivity index (χ1n) is 6.87. The van der Waals surface area contributed by atoms with Gasteiger partial charge in [0, 0.05) is 16.2 Å². The Bertz CT molecular complexity index is 501. The third kappa shape index (κ3) is 2.76. The fourth-order valence-corrected chi connectivity index (χ4v) is 3.68. The monoisotopic (exact) mass is 262 g/mol. The van der Waals surface area contributed by atoms with E-state index in [1.165, 1.54) is 33.4 Å². The van der Waals surface area contributed by atoms with Crippen molar-refractivity contribution in [2.24, 2.45) is 0 Å². The second-order valence-corrected chi connectivity index (χ2v) is 5.76. The summed E-state index contributed by atoms with van der Waals surface area (Å²) in [5.74, 6) is 0. The van der Waals surface area contributed by atoms with E-state index in [0.717, 1.165) is 13.0 Å². The van der Waals surface area contributed by atoms with Crippen molar-refractivity contribution in [3.8, 4) is 0 Å². The molecule has 2 aromatic rings. The molecule has 2 rings (SSSR count). The molecule has 98 valence electrons. The molecule has 0 amide bonds. The van der Waals surface area contributed by atoms with E-state index < -0.39 is 0 Å². The highest BCUT2D eigenvalue weighted by atomic mass is 32.1. The van der Waals surface area contributed by atoms with Crippen molar-refractivity contribution < 1.29 is 4.74 Å². The van der Waals surface area contributed by atoms with Crippen LogP contribution in [0, 0.1) is 6.92 Å². The van der Waals surface area contributed by atoms with Crippen LogP contribution in [-0.2, 0) is 4.74 Å². The second-order valence-electron chi connectivity index (χ2n) is 4.67. The van der Waals surface area contributed by atoms with Crippen LogP contribution in [-0.4, -0.2) is 6.61 Å². The van der Waals surface area contributed by atoms with Crippen LogP contribution in [0.5, 0.6) is 0 Å². The standard InChI is InChI=1S/C16H22OS/c1-4-6-10-14(17-5-2)16-12(3)13-9-7-8-11-15(13)18-16/h7-9,11,14H,4-6,10H2,1-3H3. The van der Waals surface area contributed by atoms with Crippen molar-refractivity contribution in [1.29, 1.82) is 0 Å². The molecular formula is C16H22OS. The van der Waals surface area contributed by atoms with E-state index >= 15 is 0 Å². The van der Waals surface area contributed by atoms with Crippen molar-refractivity contribution in [2.75, 3.05) is 6.61 Å². The number of hydrogen-bond donors (Lipinski definition) is 0. The Morgan fingerprint density at radius 2 is 2.00 bits per heavy atom. The highest BCUT2D eigenvalue weighted by Crippen LogP contribution is 2.38. The summed E-state index contributed by atoms with van der Waals surface area (Å²) in [6.07, 6.45) is 3.89. The summed E-state index contributed by atoms with van der Waals surface area (Å²) in [7, 11) is 0. The summed E-state index contributed by atoms with van der Waals surface area (Å²) in [5.41, 5.74) is 1.41. The molecule has 0 fully saturated rings. The van der Waals surface area contributed by atoms with E-state index in [-0.39, 0.29) is 6.10 Å². The van der Waals surface area contributed by atoms with Gasteiger partial charge in [-0.2, -0.15) is 0 Å². The summed E-state index contributed by atoms with van der Waals surface area (Å²) >= 11 is 1.90. The molecule has 0 bridgehead atoms. The van der Waals surface area contributed by atoms with Crippen molar-refractivity contribution in [1.82, 2.24) is 0 Å². The van der Waals surface area contributed by atoms with E-state index in [4.69, 9.17) is 4.74 Å². The predicted molar refractivity (Wildman–Crippen MR) is 80.5 cm³/mol. The van der Waals surface area contributed by atoms with Gasteiger partial charge < -0.3 is 4.74 Å². The Morgan fingerprint density at radius 1 is 1.22 bits per heavy atom. The van der Waals surface area contributed by atoms with E-state index in [2.05, 4.69) is 45.0 Å². The van der Waals surface area contributed by atoms with Gasteiger partial charge in [-0.25, -0.2) is 0 Å². The molecule has 0 aliphatic heterocycles. The van der Waals surface area contributed by atoms with Crippen LogP contribution in [0.25, 0.3) is 10.1 Å². The normalized spacial score (nSPS) is 13.1. The summed E-state index contributed by atoms with van der Waals surface area (Å²) < 4.78 is 7.33. The van der Waals surface area contributed by atoms with Crippen molar-refractivity contribution >= 4 is 21.4 Å². The van der Waals surface area contributed by atoms with Crippen LogP contribution in [0.15, 0.2) is 24.3 Å². The number of thiophene rings is 1. The molecule has 0 saturated heterocycles. The predicted octanol–water partition coefficient (Wildman–Crippen LogP) is 5.48. The fraction of sp³-hybridized carbons (Fsp3) is 0.500. The van der Waals surface area contributed by atoms with E-state index in [0.29, 0.717) is 0 Å². The molecule has 1 atom stereocenters. The van der Waals surface area contributed by atoms with Crippen LogP contribution in [0.3, 0.4) is 0 Å². The minimum Gasteiger partial charge on any atom is -0.373 e. The summed E-state index contributed by atoms with van der Waals surface area (Å²) in [6, 6.07) is 8.66. The Hall–Kier alpha value is -0.860. The Labute approximate surface area is 114 Å². The molecule has 0 aliphatic rings. The summed E-state index contributed by atoms with van der Waals surface area (Å²) in [6.45, 7) is 7.34. The van der Waals surface area contributed by atoms with Gasteiger partial charge in [0.2, 0.25) is 0 Å². The van der Waals surface area contributed by atoms with E-state index in [9.17, 15) is 0 Å². The second kappa shape index (κ2) is 6.35. The summed E-state index contributed by atoms with van der Waals surface area (Å²) in [4.78, 5) is 1.42. The minimum atomic E-state index is 0.285. The van der Waals surface area contributed by atoms with Gasteiger partial charge in [0.15, 0.2) is 0 Å². The average Bonchev–Trinajstić information content (AvgIpc) is 2.73. The first-order chi connectivity index (χ1) is 8.77. The van der Waals surface area contributed by atoms with Gasteiger partial charge in [-0.3, -0.25) is 0 Å². The van der Waals surface area contributed by atoms with Gasteiger partial charge in [-0.15, -0.1) is 11.3 Å². The van der Waals surface area contributed by atoms with Crippen LogP contribution >= 0.6 is 11.3 Å². The van der Waals surface area contributed by atoms with Crippen LogP contribution in [0.1, 0.15) is 49.7 Å². The molecule has 1 unspecified atom stereocenters. The number of fused-ring (bicyclic) bond motifs is 1. The third-order valence-electron chi connectivity index (χ3n) is 3.36. The highest BCUT2D eigenvalue weighted by Gasteiger charge is 2.17. The number of aryl methyl sites for hydroxylation is 1. The number of hydrogen-bond acceptors (Lipinski definition) is 2. The maximum absolute atomic E-state index is 5.95. The zero-order valence-corrected chi connectivity index (χ0v) is 12.3. The van der Waals surface area contributed by atoms with Crippen molar-refractivity contribution in [3.63, 3.8) is 0 Å². The zero-order valence-electron chi connectivity index (χ0n) is 11.5. The van der Waals surface area contributed by atoms with E-state index in [1.807, 2.05) is 11.3 Å². The topological polar surface area (TPSA) is 9.23 Å². The molecule has 0 aliphatic carbocycles.